The molecule has 17 heavy (non-hydrogen) atoms. The van der Waals surface area contributed by atoms with E-state index in [0.29, 0.717) is 5.75 Å². The summed E-state index contributed by atoms with van der Waals surface area (Å²) in [6, 6.07) is 6.89. The molecule has 0 amide bonds. The van der Waals surface area contributed by atoms with Crippen molar-refractivity contribution in [2.45, 2.75) is 6.92 Å². The number of rotatable bonds is 5. The average Bonchev–Trinajstić information content (AvgIpc) is 2.24. The summed E-state index contributed by atoms with van der Waals surface area (Å²) in [5.41, 5.74) is 0.797. The van der Waals surface area contributed by atoms with Crippen LogP contribution in [0.4, 0.5) is 12.3 Å². The van der Waals surface area contributed by atoms with Gasteiger partial charge in [0.25, 0.3) is 0 Å². The van der Waals surface area contributed by atoms with Gasteiger partial charge in [-0.15, -0.1) is 0 Å². The van der Waals surface area contributed by atoms with Crippen molar-refractivity contribution in [2.75, 3.05) is 12.8 Å². The second-order valence-electron chi connectivity index (χ2n) is 3.33. The Bertz CT molecular complexity index is 393. The Hall–Kier alpha value is -1.50. The van der Waals surface area contributed by atoms with Crippen molar-refractivity contribution in [1.29, 1.82) is 0 Å². The maximum Gasteiger partial charge on any atom is 0.656 e. The van der Waals surface area contributed by atoms with E-state index in [9.17, 15) is 17.1 Å². The van der Waals surface area contributed by atoms with Crippen molar-refractivity contribution >= 4 is 15.0 Å². The summed E-state index contributed by atoms with van der Waals surface area (Å²) in [5.74, 6) is -0.563. The van der Waals surface area contributed by atoms with Crippen LogP contribution in [0.1, 0.15) is 5.56 Å². The topological polar surface area (TPSA) is 35.5 Å². The van der Waals surface area contributed by atoms with E-state index in [2.05, 4.69) is 4.74 Å². The second kappa shape index (κ2) is 5.71. The van der Waals surface area contributed by atoms with Crippen LogP contribution in [-0.4, -0.2) is 27.9 Å². The molecule has 1 aromatic rings. The number of esters is 1. The van der Waals surface area contributed by atoms with Gasteiger partial charge in [-0.3, -0.25) is 0 Å². The molecule has 0 aromatic heterocycles. The van der Waals surface area contributed by atoms with Gasteiger partial charge in [0.05, 0.1) is 0 Å². The molecule has 0 unspecified atom stereocenters. The van der Waals surface area contributed by atoms with Crippen LogP contribution in [0.2, 0.25) is 0 Å². The number of para-hydroxylation sites is 1. The highest BCUT2D eigenvalue weighted by molar-refractivity contribution is 6.58. The van der Waals surface area contributed by atoms with Crippen molar-refractivity contribution in [1.82, 2.24) is 0 Å². The molecule has 1 rings (SSSR count). The molecule has 0 saturated heterocycles. The van der Waals surface area contributed by atoms with Crippen LogP contribution in [0.3, 0.4) is 0 Å². The molecule has 0 N–H and O–H groups in total. The lowest BCUT2D eigenvalue weighted by Crippen LogP contribution is -2.28. The smallest absolute Gasteiger partial charge is 0.482 e. The molecular weight excluding hydrogens is 253 g/mol. The Kier molecular flexibility index (Phi) is 4.56. The van der Waals surface area contributed by atoms with Crippen LogP contribution >= 0.6 is 0 Å². The number of hydrogen-bond acceptors (Lipinski definition) is 3. The van der Waals surface area contributed by atoms with Crippen LogP contribution in [-0.2, 0) is 9.53 Å². The average molecular weight is 264 g/mol. The number of hydrogen-bond donors (Lipinski definition) is 0. The van der Waals surface area contributed by atoms with Gasteiger partial charge in [-0.2, -0.15) is 0 Å². The molecule has 0 bridgehead atoms. The van der Waals surface area contributed by atoms with Crippen molar-refractivity contribution in [2.24, 2.45) is 0 Å². The Morgan fingerprint density at radius 1 is 1.29 bits per heavy atom. The van der Waals surface area contributed by atoms with Crippen molar-refractivity contribution < 1.29 is 26.6 Å². The van der Waals surface area contributed by atoms with Gasteiger partial charge in [-0.25, -0.2) is 17.1 Å². The molecule has 0 radical (unpaired) electrons. The molecule has 0 heterocycles. The van der Waals surface area contributed by atoms with Gasteiger partial charge in [0, 0.05) is 0 Å². The first-order valence-electron chi connectivity index (χ1n) is 4.79. The van der Waals surface area contributed by atoms with E-state index in [1.54, 1.807) is 31.2 Å². The van der Waals surface area contributed by atoms with Gasteiger partial charge in [-0.1, -0.05) is 18.2 Å². The lowest BCUT2D eigenvalue weighted by Gasteiger charge is -2.09. The molecule has 0 aliphatic rings. The summed E-state index contributed by atoms with van der Waals surface area (Å²) in [5, 5.41) is 0. The predicted octanol–water partition coefficient (Wildman–Crippen LogP) is 2.30. The monoisotopic (exact) mass is 264 g/mol. The van der Waals surface area contributed by atoms with Gasteiger partial charge >= 0.3 is 15.0 Å². The summed E-state index contributed by atoms with van der Waals surface area (Å²) >= 11 is 0. The highest BCUT2D eigenvalue weighted by Gasteiger charge is 2.39. The van der Waals surface area contributed by atoms with Crippen LogP contribution in [0.15, 0.2) is 24.3 Å². The molecule has 7 heteroatoms. The third-order valence-corrected chi connectivity index (χ3v) is 2.31. The molecule has 0 atom stereocenters. The number of aryl methyl sites for hydroxylation is 1. The van der Waals surface area contributed by atoms with Crippen molar-refractivity contribution in [3.05, 3.63) is 29.8 Å². The summed E-state index contributed by atoms with van der Waals surface area (Å²) in [4.78, 5) is 10.9. The minimum atomic E-state index is -5.84. The van der Waals surface area contributed by atoms with E-state index in [1.165, 1.54) is 0 Å². The zero-order chi connectivity index (χ0) is 12.9. The third kappa shape index (κ3) is 5.39. The first kappa shape index (κ1) is 13.6. The van der Waals surface area contributed by atoms with Gasteiger partial charge in [0.15, 0.2) is 12.8 Å². The largest absolute Gasteiger partial charge is 0.656 e. The zero-order valence-corrected chi connectivity index (χ0v) is 10.1. The van der Waals surface area contributed by atoms with Gasteiger partial charge < -0.3 is 9.47 Å². The molecule has 3 nitrogen and oxygen atoms in total. The summed E-state index contributed by atoms with van der Waals surface area (Å²) < 4.78 is 44.7. The molecule has 0 aliphatic heterocycles. The van der Waals surface area contributed by atoms with Crippen LogP contribution in [0.5, 0.6) is 5.75 Å². The Morgan fingerprint density at radius 2 is 1.94 bits per heavy atom. The summed E-state index contributed by atoms with van der Waals surface area (Å²) in [7, 11) is -5.84. The van der Waals surface area contributed by atoms with E-state index in [0.717, 1.165) is 5.56 Å². The third-order valence-electron chi connectivity index (χ3n) is 1.84. The van der Waals surface area contributed by atoms with Gasteiger partial charge in [-0.05, 0) is 18.6 Å². The fourth-order valence-electron chi connectivity index (χ4n) is 1.06. The number of ether oxygens (including phenoxy) is 2. The van der Waals surface area contributed by atoms with E-state index in [4.69, 9.17) is 4.74 Å². The molecule has 0 aliphatic carbocycles. The van der Waals surface area contributed by atoms with E-state index < -0.39 is 27.9 Å². The molecule has 0 fully saturated rings. The highest BCUT2D eigenvalue weighted by atomic mass is 28.5. The normalized spacial score (nSPS) is 11.1. The lowest BCUT2D eigenvalue weighted by molar-refractivity contribution is -0.144. The molecule has 94 valence electrons. The quantitative estimate of drug-likeness (QED) is 0.465. The lowest BCUT2D eigenvalue weighted by atomic mass is 10.2. The number of carbonyl (C=O) groups excluding carboxylic acids is 1. The number of halogens is 3. The number of carbonyl (C=O) groups is 1. The summed E-state index contributed by atoms with van der Waals surface area (Å²) in [6.07, 6.45) is -1.46. The minimum absolute atomic E-state index is 0.453. The molecular formula is C10H11F3O3Si. The van der Waals surface area contributed by atoms with Crippen LogP contribution in [0, 0.1) is 6.92 Å². The molecule has 1 aromatic carbocycles. The zero-order valence-electron chi connectivity index (χ0n) is 9.08. The van der Waals surface area contributed by atoms with Gasteiger partial charge in [0.1, 0.15) is 5.75 Å². The Balaban J connectivity index is 2.36. The van der Waals surface area contributed by atoms with E-state index >= 15 is 0 Å². The fourth-order valence-corrected chi connectivity index (χ4v) is 1.38. The maximum atomic E-state index is 11.9. The second-order valence-corrected chi connectivity index (χ2v) is 4.85. The minimum Gasteiger partial charge on any atom is -0.482 e. The van der Waals surface area contributed by atoms with Crippen LogP contribution in [0.25, 0.3) is 0 Å². The molecule has 0 spiro atoms. The Morgan fingerprint density at radius 3 is 2.53 bits per heavy atom. The van der Waals surface area contributed by atoms with Crippen LogP contribution < -0.4 is 4.74 Å². The van der Waals surface area contributed by atoms with Gasteiger partial charge in [0.2, 0.25) is 0 Å². The Labute approximate surface area is 97.7 Å². The number of benzene rings is 1. The highest BCUT2D eigenvalue weighted by Crippen LogP contribution is 2.16. The maximum absolute atomic E-state index is 11.9. The fraction of sp³-hybridized carbons (Fsp3) is 0.300. The first-order valence-corrected chi connectivity index (χ1v) is 6.63. The van der Waals surface area contributed by atoms with E-state index in [1.807, 2.05) is 0 Å². The standard InChI is InChI=1S/C10H11F3O3Si/c1-8-4-2-3-5-9(8)15-6-10(14)16-7-17(11,12)13/h2-5H,6-7H2,1H3. The van der Waals surface area contributed by atoms with E-state index in [-0.39, 0.29) is 0 Å². The summed E-state index contributed by atoms with van der Waals surface area (Å²) in [6.45, 7) is 1.25. The first-order chi connectivity index (χ1) is 7.88. The predicted molar refractivity (Wildman–Crippen MR) is 56.7 cm³/mol. The van der Waals surface area contributed by atoms with Crippen molar-refractivity contribution in [3.8, 4) is 5.75 Å². The van der Waals surface area contributed by atoms with Crippen molar-refractivity contribution in [3.63, 3.8) is 0 Å². The SMILES string of the molecule is Cc1ccccc1OCC(=O)OC[Si](F)(F)F. The molecule has 0 saturated carbocycles.